The molecule has 0 spiro atoms. The molecule has 2 atom stereocenters. The summed E-state index contributed by atoms with van der Waals surface area (Å²) in [5.74, 6) is 1.20. The van der Waals surface area contributed by atoms with E-state index in [0.29, 0.717) is 19.6 Å². The standard InChI is InChI=1S/C21H28N6O2/c1-14-6-8-23-27(14)15(2)21(29)26-10-7-19-18(13-26)11-22-20(24-19)17-5-4-9-25(12-17)16(3)28/h6,8,11,15,17H,4-5,7,9-10,12-13H2,1-3H3/t15-,17+/m0/s1. The Morgan fingerprint density at radius 3 is 2.79 bits per heavy atom. The Hall–Kier alpha value is -2.77. The molecule has 8 heteroatoms. The monoisotopic (exact) mass is 396 g/mol. The Balaban J connectivity index is 1.46. The number of aromatic nitrogens is 4. The molecule has 1 saturated heterocycles. The van der Waals surface area contributed by atoms with Crippen molar-refractivity contribution in [1.29, 1.82) is 0 Å². The summed E-state index contributed by atoms with van der Waals surface area (Å²) in [5, 5.41) is 4.27. The normalized spacial score (nSPS) is 20.3. The van der Waals surface area contributed by atoms with Crippen LogP contribution in [0.25, 0.3) is 0 Å². The Morgan fingerprint density at radius 2 is 2.07 bits per heavy atom. The maximum absolute atomic E-state index is 13.0. The van der Waals surface area contributed by atoms with Crippen LogP contribution >= 0.6 is 0 Å². The summed E-state index contributed by atoms with van der Waals surface area (Å²) in [7, 11) is 0. The molecule has 0 unspecified atom stereocenters. The first-order valence-electron chi connectivity index (χ1n) is 10.3. The van der Waals surface area contributed by atoms with E-state index in [1.807, 2.05) is 35.9 Å². The average molecular weight is 396 g/mol. The number of hydrogen-bond donors (Lipinski definition) is 0. The molecule has 0 aromatic carbocycles. The van der Waals surface area contributed by atoms with Crippen LogP contribution in [0.2, 0.25) is 0 Å². The predicted molar refractivity (Wildman–Crippen MR) is 107 cm³/mol. The number of rotatable bonds is 3. The van der Waals surface area contributed by atoms with Crippen LogP contribution in [-0.2, 0) is 22.6 Å². The van der Waals surface area contributed by atoms with Gasteiger partial charge in [0.15, 0.2) is 0 Å². The number of aryl methyl sites for hydroxylation is 1. The van der Waals surface area contributed by atoms with E-state index >= 15 is 0 Å². The van der Waals surface area contributed by atoms with E-state index < -0.39 is 0 Å². The SMILES string of the molecule is CC(=O)N1CCC[C@@H](c2ncc3c(n2)CCN(C(=O)[C@H](C)n2nccc2C)C3)C1. The number of amides is 2. The van der Waals surface area contributed by atoms with E-state index in [1.165, 1.54) is 0 Å². The minimum absolute atomic E-state index is 0.0657. The highest BCUT2D eigenvalue weighted by Gasteiger charge is 2.29. The molecule has 0 saturated carbocycles. The van der Waals surface area contributed by atoms with Crippen LogP contribution in [0.15, 0.2) is 18.5 Å². The lowest BCUT2D eigenvalue weighted by molar-refractivity contribution is -0.135. The quantitative estimate of drug-likeness (QED) is 0.791. The van der Waals surface area contributed by atoms with Crippen LogP contribution in [-0.4, -0.2) is 61.0 Å². The van der Waals surface area contributed by atoms with Gasteiger partial charge in [-0.2, -0.15) is 5.10 Å². The molecule has 8 nitrogen and oxygen atoms in total. The van der Waals surface area contributed by atoms with Crippen molar-refractivity contribution < 1.29 is 9.59 Å². The number of carbonyl (C=O) groups excluding carboxylic acids is 2. The summed E-state index contributed by atoms with van der Waals surface area (Å²) in [4.78, 5) is 37.9. The average Bonchev–Trinajstić information content (AvgIpc) is 3.17. The van der Waals surface area contributed by atoms with Crippen molar-refractivity contribution in [3.63, 3.8) is 0 Å². The fourth-order valence-corrected chi connectivity index (χ4v) is 4.35. The highest BCUT2D eigenvalue weighted by molar-refractivity contribution is 5.80. The van der Waals surface area contributed by atoms with Gasteiger partial charge >= 0.3 is 0 Å². The first-order valence-corrected chi connectivity index (χ1v) is 10.3. The summed E-state index contributed by atoms with van der Waals surface area (Å²) in [5.41, 5.74) is 3.02. The van der Waals surface area contributed by atoms with Crippen LogP contribution in [0.3, 0.4) is 0 Å². The Labute approximate surface area is 170 Å². The van der Waals surface area contributed by atoms with E-state index in [1.54, 1.807) is 17.8 Å². The number of nitrogens with zero attached hydrogens (tertiary/aromatic N) is 6. The molecule has 4 rings (SSSR count). The highest BCUT2D eigenvalue weighted by atomic mass is 16.2. The third kappa shape index (κ3) is 3.88. The lowest BCUT2D eigenvalue weighted by Crippen LogP contribution is -2.41. The molecular formula is C21H28N6O2. The van der Waals surface area contributed by atoms with Crippen LogP contribution < -0.4 is 0 Å². The zero-order chi connectivity index (χ0) is 20.5. The van der Waals surface area contributed by atoms with E-state index in [0.717, 1.165) is 48.6 Å². The third-order valence-electron chi connectivity index (χ3n) is 6.09. The minimum atomic E-state index is -0.327. The molecule has 2 aliphatic rings. The van der Waals surface area contributed by atoms with E-state index in [-0.39, 0.29) is 23.8 Å². The van der Waals surface area contributed by atoms with Crippen molar-refractivity contribution in [2.24, 2.45) is 0 Å². The summed E-state index contributed by atoms with van der Waals surface area (Å²) < 4.78 is 1.77. The number of fused-ring (bicyclic) bond motifs is 1. The third-order valence-corrected chi connectivity index (χ3v) is 6.09. The number of carbonyl (C=O) groups is 2. The van der Waals surface area contributed by atoms with Crippen LogP contribution in [0.4, 0.5) is 0 Å². The number of piperidine rings is 1. The maximum atomic E-state index is 13.0. The van der Waals surface area contributed by atoms with Gasteiger partial charge in [-0.3, -0.25) is 14.3 Å². The summed E-state index contributed by atoms with van der Waals surface area (Å²) >= 11 is 0. The number of likely N-dealkylation sites (tertiary alicyclic amines) is 1. The molecule has 0 radical (unpaired) electrons. The zero-order valence-electron chi connectivity index (χ0n) is 17.3. The highest BCUT2D eigenvalue weighted by Crippen LogP contribution is 2.27. The van der Waals surface area contributed by atoms with Crippen molar-refractivity contribution in [2.75, 3.05) is 19.6 Å². The van der Waals surface area contributed by atoms with Gasteiger partial charge in [0.05, 0.1) is 5.69 Å². The molecule has 4 heterocycles. The zero-order valence-corrected chi connectivity index (χ0v) is 17.3. The predicted octanol–water partition coefficient (Wildman–Crippen LogP) is 1.85. The molecule has 29 heavy (non-hydrogen) atoms. The Kier molecular flexibility index (Phi) is 5.34. The topological polar surface area (TPSA) is 84.2 Å². The second-order valence-corrected chi connectivity index (χ2v) is 8.11. The smallest absolute Gasteiger partial charge is 0.247 e. The van der Waals surface area contributed by atoms with Gasteiger partial charge in [-0.25, -0.2) is 9.97 Å². The molecule has 1 fully saturated rings. The second-order valence-electron chi connectivity index (χ2n) is 8.11. The van der Waals surface area contributed by atoms with Gasteiger partial charge in [-0.05, 0) is 32.8 Å². The van der Waals surface area contributed by atoms with Gasteiger partial charge in [-0.15, -0.1) is 0 Å². The van der Waals surface area contributed by atoms with Gasteiger partial charge in [0.1, 0.15) is 11.9 Å². The van der Waals surface area contributed by atoms with Crippen LogP contribution in [0.1, 0.15) is 61.4 Å². The number of hydrogen-bond acceptors (Lipinski definition) is 5. The molecule has 0 bridgehead atoms. The fourth-order valence-electron chi connectivity index (χ4n) is 4.35. The van der Waals surface area contributed by atoms with Crippen molar-refractivity contribution in [3.05, 3.63) is 41.2 Å². The van der Waals surface area contributed by atoms with Gasteiger partial charge in [0.25, 0.3) is 0 Å². The summed E-state index contributed by atoms with van der Waals surface area (Å²) in [6, 6.07) is 1.58. The molecule has 2 aromatic heterocycles. The molecule has 2 amide bonds. The Bertz CT molecular complexity index is 924. The van der Waals surface area contributed by atoms with E-state index in [2.05, 4.69) is 10.1 Å². The lowest BCUT2D eigenvalue weighted by Gasteiger charge is -2.33. The molecular weight excluding hydrogens is 368 g/mol. The van der Waals surface area contributed by atoms with Crippen molar-refractivity contribution in [3.8, 4) is 0 Å². The van der Waals surface area contributed by atoms with Gasteiger partial charge in [-0.1, -0.05) is 0 Å². The first kappa shape index (κ1) is 19.5. The second kappa shape index (κ2) is 7.93. The van der Waals surface area contributed by atoms with Gasteiger partial charge < -0.3 is 9.80 Å². The molecule has 2 aliphatic heterocycles. The maximum Gasteiger partial charge on any atom is 0.247 e. The molecule has 0 N–H and O–H groups in total. The summed E-state index contributed by atoms with van der Waals surface area (Å²) in [6.07, 6.45) is 6.31. The first-order chi connectivity index (χ1) is 13.9. The van der Waals surface area contributed by atoms with Gasteiger partial charge in [0, 0.05) is 69.1 Å². The van der Waals surface area contributed by atoms with Crippen molar-refractivity contribution in [1.82, 2.24) is 29.5 Å². The fraction of sp³-hybridized carbons (Fsp3) is 0.571. The molecule has 154 valence electrons. The lowest BCUT2D eigenvalue weighted by atomic mass is 9.96. The molecule has 2 aromatic rings. The summed E-state index contributed by atoms with van der Waals surface area (Å²) in [6.45, 7) is 8.16. The largest absolute Gasteiger partial charge is 0.342 e. The molecule has 0 aliphatic carbocycles. The van der Waals surface area contributed by atoms with Crippen LogP contribution in [0, 0.1) is 6.92 Å². The van der Waals surface area contributed by atoms with E-state index in [9.17, 15) is 9.59 Å². The van der Waals surface area contributed by atoms with Crippen molar-refractivity contribution >= 4 is 11.8 Å². The van der Waals surface area contributed by atoms with Gasteiger partial charge in [0.2, 0.25) is 11.8 Å². The minimum Gasteiger partial charge on any atom is -0.342 e. The van der Waals surface area contributed by atoms with Crippen molar-refractivity contribution in [2.45, 2.75) is 58.5 Å². The van der Waals surface area contributed by atoms with Crippen LogP contribution in [0.5, 0.6) is 0 Å². The Morgan fingerprint density at radius 1 is 1.24 bits per heavy atom. The van der Waals surface area contributed by atoms with E-state index in [4.69, 9.17) is 4.98 Å².